The molecule has 26 heavy (non-hydrogen) atoms. The van der Waals surface area contributed by atoms with E-state index < -0.39 is 5.82 Å². The first-order valence-electron chi connectivity index (χ1n) is 7.93. The largest absolute Gasteiger partial charge is 0.508 e. The molecule has 0 bridgehead atoms. The molecule has 0 heterocycles. The molecule has 0 spiro atoms. The van der Waals surface area contributed by atoms with Gasteiger partial charge in [-0.05, 0) is 30.2 Å². The first-order valence-corrected chi connectivity index (χ1v) is 7.93. The van der Waals surface area contributed by atoms with E-state index in [1.807, 2.05) is 25.1 Å². The number of hydrogen-bond acceptors (Lipinski definition) is 6. The molecule has 0 aromatic heterocycles. The van der Waals surface area contributed by atoms with Crippen molar-refractivity contribution in [2.24, 2.45) is 11.7 Å². The fourth-order valence-corrected chi connectivity index (χ4v) is 2.21. The number of phenols is 1. The zero-order valence-electron chi connectivity index (χ0n) is 15.1. The lowest BCUT2D eigenvalue weighted by Crippen LogP contribution is -2.27. The van der Waals surface area contributed by atoms with E-state index >= 15 is 0 Å². The van der Waals surface area contributed by atoms with Gasteiger partial charge in [0.15, 0.2) is 11.6 Å². The molecule has 8 heteroatoms. The van der Waals surface area contributed by atoms with Crippen LogP contribution in [-0.4, -0.2) is 30.6 Å². The van der Waals surface area contributed by atoms with Crippen LogP contribution in [0.5, 0.6) is 11.5 Å². The van der Waals surface area contributed by atoms with Crippen LogP contribution in [0.2, 0.25) is 0 Å². The van der Waals surface area contributed by atoms with Crippen molar-refractivity contribution in [2.45, 2.75) is 20.0 Å². The van der Waals surface area contributed by atoms with E-state index in [1.54, 1.807) is 7.05 Å². The molecule has 142 valence electrons. The monoisotopic (exact) mass is 364 g/mol. The van der Waals surface area contributed by atoms with E-state index in [9.17, 15) is 14.3 Å². The SMILES string of the molecule is CCc1cccc(N(C)N)c1COc1ccc(O)cc1F.CN(N)C=O. The summed E-state index contributed by atoms with van der Waals surface area (Å²) >= 11 is 0. The Morgan fingerprint density at radius 2 is 1.88 bits per heavy atom. The maximum absolute atomic E-state index is 13.7. The molecule has 0 saturated heterocycles. The van der Waals surface area contributed by atoms with Crippen molar-refractivity contribution in [1.82, 2.24) is 5.01 Å². The number of amides is 1. The van der Waals surface area contributed by atoms with Crippen LogP contribution < -0.4 is 21.4 Å². The van der Waals surface area contributed by atoms with Crippen molar-refractivity contribution < 1.29 is 19.0 Å². The molecule has 0 aliphatic carbocycles. The van der Waals surface area contributed by atoms with Crippen molar-refractivity contribution in [1.29, 1.82) is 0 Å². The molecule has 1 amide bonds. The number of hydrazine groups is 2. The summed E-state index contributed by atoms with van der Waals surface area (Å²) in [6, 6.07) is 9.65. The Morgan fingerprint density at radius 3 is 2.38 bits per heavy atom. The Kier molecular flexibility index (Phi) is 8.33. The molecule has 2 aromatic rings. The van der Waals surface area contributed by atoms with Gasteiger partial charge in [0.05, 0.1) is 5.69 Å². The second-order valence-electron chi connectivity index (χ2n) is 5.55. The van der Waals surface area contributed by atoms with Crippen molar-refractivity contribution in [3.8, 4) is 11.5 Å². The van der Waals surface area contributed by atoms with E-state index in [4.69, 9.17) is 16.4 Å². The molecule has 0 aliphatic rings. The Balaban J connectivity index is 0.000000597. The summed E-state index contributed by atoms with van der Waals surface area (Å²) < 4.78 is 19.2. The zero-order valence-corrected chi connectivity index (χ0v) is 15.1. The first-order chi connectivity index (χ1) is 12.3. The molecule has 0 unspecified atom stereocenters. The molecule has 2 aromatic carbocycles. The Hall–Kier alpha value is -2.84. The van der Waals surface area contributed by atoms with Crippen LogP contribution >= 0.6 is 0 Å². The van der Waals surface area contributed by atoms with Gasteiger partial charge in [-0.25, -0.2) is 16.1 Å². The quantitative estimate of drug-likeness (QED) is 0.313. The number of ether oxygens (including phenoxy) is 1. The molecule has 0 radical (unpaired) electrons. The summed E-state index contributed by atoms with van der Waals surface area (Å²) in [6.07, 6.45) is 1.36. The van der Waals surface area contributed by atoms with Gasteiger partial charge < -0.3 is 14.9 Å². The smallest absolute Gasteiger partial charge is 0.223 e. The molecule has 2 rings (SSSR count). The van der Waals surface area contributed by atoms with Crippen molar-refractivity contribution in [3.63, 3.8) is 0 Å². The second-order valence-corrected chi connectivity index (χ2v) is 5.55. The molecular formula is C18H25FN4O3. The maximum Gasteiger partial charge on any atom is 0.223 e. The van der Waals surface area contributed by atoms with Gasteiger partial charge in [0, 0.05) is 25.7 Å². The van der Waals surface area contributed by atoms with E-state index in [2.05, 4.69) is 0 Å². The molecule has 0 fully saturated rings. The topological polar surface area (TPSA) is 105 Å². The number of phenolic OH excluding ortho intramolecular Hbond substituents is 1. The van der Waals surface area contributed by atoms with Crippen LogP contribution in [0, 0.1) is 5.82 Å². The highest BCUT2D eigenvalue weighted by molar-refractivity contribution is 5.55. The average Bonchev–Trinajstić information content (AvgIpc) is 2.61. The third-order valence-corrected chi connectivity index (χ3v) is 3.46. The van der Waals surface area contributed by atoms with Gasteiger partial charge in [-0.15, -0.1) is 0 Å². The summed E-state index contributed by atoms with van der Waals surface area (Å²) in [5, 5.41) is 11.7. The number of aryl methyl sites for hydroxylation is 1. The highest BCUT2D eigenvalue weighted by Gasteiger charge is 2.12. The lowest BCUT2D eigenvalue weighted by molar-refractivity contribution is -0.117. The van der Waals surface area contributed by atoms with Gasteiger partial charge in [0.1, 0.15) is 12.4 Å². The molecule has 0 aliphatic heterocycles. The van der Waals surface area contributed by atoms with E-state index in [0.717, 1.165) is 34.3 Å². The predicted octanol–water partition coefficient (Wildman–Crippen LogP) is 1.93. The van der Waals surface area contributed by atoms with Gasteiger partial charge in [0.2, 0.25) is 6.41 Å². The summed E-state index contributed by atoms with van der Waals surface area (Å²) in [7, 11) is 3.21. The van der Waals surface area contributed by atoms with Gasteiger partial charge in [-0.3, -0.25) is 9.80 Å². The van der Waals surface area contributed by atoms with Crippen molar-refractivity contribution in [2.75, 3.05) is 19.1 Å². The Labute approximate surface area is 152 Å². The van der Waals surface area contributed by atoms with Crippen LogP contribution in [0.4, 0.5) is 10.1 Å². The van der Waals surface area contributed by atoms with Crippen LogP contribution in [0.25, 0.3) is 0 Å². The van der Waals surface area contributed by atoms with Gasteiger partial charge in [-0.1, -0.05) is 19.1 Å². The lowest BCUT2D eigenvalue weighted by Gasteiger charge is -2.20. The number of hydrogen-bond donors (Lipinski definition) is 3. The minimum absolute atomic E-state index is 0.101. The van der Waals surface area contributed by atoms with Gasteiger partial charge in [0.25, 0.3) is 0 Å². The van der Waals surface area contributed by atoms with E-state index in [1.165, 1.54) is 24.2 Å². The molecule has 7 nitrogen and oxygen atoms in total. The normalized spacial score (nSPS) is 9.77. The number of nitrogens with zero attached hydrogens (tertiary/aromatic N) is 2. The fourth-order valence-electron chi connectivity index (χ4n) is 2.21. The first kappa shape index (κ1) is 21.2. The van der Waals surface area contributed by atoms with Gasteiger partial charge >= 0.3 is 0 Å². The van der Waals surface area contributed by atoms with Crippen LogP contribution in [0.3, 0.4) is 0 Å². The lowest BCUT2D eigenvalue weighted by atomic mass is 10.0. The number of carbonyl (C=O) groups is 1. The second kappa shape index (κ2) is 10.2. The maximum atomic E-state index is 13.7. The number of aromatic hydroxyl groups is 1. The van der Waals surface area contributed by atoms with Crippen LogP contribution in [-0.2, 0) is 17.8 Å². The van der Waals surface area contributed by atoms with Crippen LogP contribution in [0.1, 0.15) is 18.1 Å². The average molecular weight is 364 g/mol. The highest BCUT2D eigenvalue weighted by Crippen LogP contribution is 2.26. The minimum Gasteiger partial charge on any atom is -0.508 e. The highest BCUT2D eigenvalue weighted by atomic mass is 19.1. The summed E-state index contributed by atoms with van der Waals surface area (Å²) in [5.74, 6) is 9.97. The standard InChI is InChI=1S/C16H19FN2O2.C2H6N2O/c1-3-11-5-4-6-15(19(2)18)13(11)10-21-16-8-7-12(20)9-14(16)17;1-4(3)2-5/h4-9,20H,3,10,18H2,1-2H3;2H,3H2,1H3. The van der Waals surface area contributed by atoms with Gasteiger partial charge in [-0.2, -0.15) is 0 Å². The number of benzene rings is 2. The molecule has 5 N–H and O–H groups in total. The van der Waals surface area contributed by atoms with Crippen molar-refractivity contribution >= 4 is 12.1 Å². The summed E-state index contributed by atoms with van der Waals surface area (Å²) in [4.78, 5) is 9.31. The third kappa shape index (κ3) is 6.23. The fraction of sp³-hybridized carbons (Fsp3) is 0.278. The number of rotatable bonds is 6. The van der Waals surface area contributed by atoms with E-state index in [-0.39, 0.29) is 18.1 Å². The predicted molar refractivity (Wildman–Crippen MR) is 98.8 cm³/mol. The molecule has 0 saturated carbocycles. The third-order valence-electron chi connectivity index (χ3n) is 3.46. The summed E-state index contributed by atoms with van der Waals surface area (Å²) in [6.45, 7) is 2.25. The zero-order chi connectivity index (χ0) is 19.7. The molecule has 0 atom stereocenters. The molecular weight excluding hydrogens is 339 g/mol. The number of carbonyl (C=O) groups excluding carboxylic acids is 1. The number of halogens is 1. The van der Waals surface area contributed by atoms with Crippen LogP contribution in [0.15, 0.2) is 36.4 Å². The minimum atomic E-state index is -0.591. The Morgan fingerprint density at radius 1 is 1.23 bits per heavy atom. The van der Waals surface area contributed by atoms with E-state index in [0.29, 0.717) is 6.41 Å². The number of anilines is 1. The Bertz CT molecular complexity index is 724. The van der Waals surface area contributed by atoms with Crippen molar-refractivity contribution in [3.05, 3.63) is 53.3 Å². The number of nitrogens with two attached hydrogens (primary N) is 2. The summed E-state index contributed by atoms with van der Waals surface area (Å²) in [5.41, 5.74) is 2.87.